The van der Waals surface area contributed by atoms with E-state index in [9.17, 15) is 38.5 Å². The molecule has 274 valence electrons. The third-order valence-corrected chi connectivity index (χ3v) is 13.0. The fourth-order valence-corrected chi connectivity index (χ4v) is 9.23. The summed E-state index contributed by atoms with van der Waals surface area (Å²) in [7, 11) is -15.7. The van der Waals surface area contributed by atoms with Gasteiger partial charge >= 0.3 is 6.03 Å². The first-order valence-corrected chi connectivity index (χ1v) is 21.9. The molecule has 0 atom stereocenters. The highest BCUT2D eigenvalue weighted by molar-refractivity contribution is 7.91. The van der Waals surface area contributed by atoms with Crippen molar-refractivity contribution in [1.82, 2.24) is 14.2 Å². The summed E-state index contributed by atoms with van der Waals surface area (Å²) in [6.07, 6.45) is 3.13. The van der Waals surface area contributed by atoms with Gasteiger partial charge in [-0.05, 0) is 97.2 Å². The van der Waals surface area contributed by atoms with Crippen LogP contribution in [0.1, 0.15) is 76.3 Å². The van der Waals surface area contributed by atoms with Crippen LogP contribution in [0.2, 0.25) is 5.02 Å². The molecule has 2 saturated carbocycles. The molecule has 2 amide bonds. The number of halogens is 1. The minimum Gasteiger partial charge on any atom is -0.307 e. The second-order valence-corrected chi connectivity index (χ2v) is 19.7. The van der Waals surface area contributed by atoms with Gasteiger partial charge in [-0.1, -0.05) is 51.4 Å². The Hall–Kier alpha value is -3.10. The molecule has 14 nitrogen and oxygen atoms in total. The Bertz CT molecular complexity index is 2170. The number of nitrogens with two attached hydrogens (primary N) is 1. The van der Waals surface area contributed by atoms with Gasteiger partial charge in [-0.3, -0.25) is 0 Å². The lowest BCUT2D eigenvalue weighted by Gasteiger charge is -2.21. The van der Waals surface area contributed by atoms with Gasteiger partial charge in [-0.2, -0.15) is 0 Å². The molecule has 19 heteroatoms. The normalized spacial score (nSPS) is 15.4. The molecule has 0 aliphatic heterocycles. The summed E-state index contributed by atoms with van der Waals surface area (Å²) in [4.78, 5) is 11.9. The Balaban J connectivity index is 0.000000276. The first-order valence-electron chi connectivity index (χ1n) is 15.5. The lowest BCUT2D eigenvalue weighted by molar-refractivity contribution is 0.256. The molecule has 2 aliphatic carbocycles. The molecule has 0 unspecified atom stereocenters. The maximum Gasteiger partial charge on any atom is 0.333 e. The third kappa shape index (κ3) is 10.7. The molecule has 0 aromatic heterocycles. The molecular weight excluding hydrogens is 750 g/mol. The predicted octanol–water partition coefficient (Wildman–Crippen LogP) is 4.31. The van der Waals surface area contributed by atoms with Crippen molar-refractivity contribution < 1.29 is 38.5 Å². The highest BCUT2D eigenvalue weighted by atomic mass is 35.5. The molecule has 3 aromatic rings. The summed E-state index contributed by atoms with van der Waals surface area (Å²) in [5, 5.41) is 8.12. The van der Waals surface area contributed by atoms with Crippen molar-refractivity contribution in [1.29, 1.82) is 0 Å². The van der Waals surface area contributed by atoms with E-state index in [4.69, 9.17) is 16.7 Å². The van der Waals surface area contributed by atoms with Crippen LogP contribution in [0.5, 0.6) is 0 Å². The van der Waals surface area contributed by atoms with Crippen LogP contribution in [0.3, 0.4) is 0 Å². The van der Waals surface area contributed by atoms with Gasteiger partial charge in [-0.25, -0.2) is 57.8 Å². The number of sulfonamides is 4. The quantitative estimate of drug-likeness (QED) is 0.176. The van der Waals surface area contributed by atoms with Crippen molar-refractivity contribution in [3.05, 3.63) is 76.8 Å². The average molecular weight is 790 g/mol. The Labute approximate surface area is 298 Å². The van der Waals surface area contributed by atoms with Gasteiger partial charge in [0.15, 0.2) is 0 Å². The van der Waals surface area contributed by atoms with E-state index >= 15 is 0 Å². The number of rotatable bonds is 12. The molecule has 2 aliphatic rings. The summed E-state index contributed by atoms with van der Waals surface area (Å²) in [6, 6.07) is 12.3. The van der Waals surface area contributed by atoms with Crippen molar-refractivity contribution in [2.45, 2.75) is 96.9 Å². The second-order valence-electron chi connectivity index (χ2n) is 12.6. The van der Waals surface area contributed by atoms with E-state index in [0.717, 1.165) is 48.9 Å². The minimum atomic E-state index is -4.33. The number of nitrogens with one attached hydrogen (secondary N) is 4. The maximum atomic E-state index is 12.8. The van der Waals surface area contributed by atoms with Crippen LogP contribution in [0.4, 0.5) is 10.5 Å². The van der Waals surface area contributed by atoms with Crippen LogP contribution in [-0.4, -0.2) is 51.8 Å². The van der Waals surface area contributed by atoms with Crippen molar-refractivity contribution >= 4 is 63.4 Å². The number of hydrogen-bond acceptors (Lipinski definition) is 9. The monoisotopic (exact) mass is 789 g/mol. The number of urea groups is 1. The number of carbonyl (C=O) groups is 1. The van der Waals surface area contributed by atoms with Gasteiger partial charge in [0.2, 0.25) is 30.1 Å². The number of benzene rings is 3. The number of amides is 2. The smallest absolute Gasteiger partial charge is 0.307 e. The van der Waals surface area contributed by atoms with Crippen molar-refractivity contribution in [2.75, 3.05) is 5.32 Å². The van der Waals surface area contributed by atoms with Crippen LogP contribution < -0.4 is 24.6 Å². The zero-order valence-electron chi connectivity index (χ0n) is 27.7. The highest BCUT2D eigenvalue weighted by Gasteiger charge is 2.30. The van der Waals surface area contributed by atoms with Gasteiger partial charge in [0.25, 0.3) is 10.0 Å². The number of anilines is 1. The molecule has 0 spiro atoms. The van der Waals surface area contributed by atoms with E-state index in [1.807, 2.05) is 32.4 Å². The zero-order valence-corrected chi connectivity index (χ0v) is 31.7. The van der Waals surface area contributed by atoms with Gasteiger partial charge < -0.3 is 5.32 Å². The Morgan fingerprint density at radius 2 is 1.04 bits per heavy atom. The first kappa shape index (κ1) is 39.7. The van der Waals surface area contributed by atoms with Gasteiger partial charge in [0.1, 0.15) is 0 Å². The number of carbonyl (C=O) groups excluding carboxylic acids is 1. The van der Waals surface area contributed by atoms with E-state index in [1.54, 1.807) is 12.1 Å². The molecule has 2 fully saturated rings. The van der Waals surface area contributed by atoms with Crippen LogP contribution in [0, 0.1) is 0 Å². The molecule has 0 radical (unpaired) electrons. The minimum absolute atomic E-state index is 0.0222. The Morgan fingerprint density at radius 1 is 0.660 bits per heavy atom. The molecule has 5 rings (SSSR count). The topological polar surface area (TPSA) is 228 Å². The van der Waals surface area contributed by atoms with Gasteiger partial charge in [-0.15, -0.1) is 0 Å². The summed E-state index contributed by atoms with van der Waals surface area (Å²) >= 11 is 6.24. The highest BCUT2D eigenvalue weighted by Crippen LogP contribution is 2.35. The van der Waals surface area contributed by atoms with Crippen molar-refractivity contribution in [3.63, 3.8) is 0 Å². The third-order valence-electron chi connectivity index (χ3n) is 7.54. The summed E-state index contributed by atoms with van der Waals surface area (Å²) in [5.74, 6) is 0.0444. The SMILES string of the molecule is CC(C)c1cc(Cl)cc(C(C)C)c1NC(=O)NS(=O)(=O)c1cccc(S(=O)(=O)NC2CC2)c1.NS(=O)(=O)c1cccc(S(=O)(=O)NC2CC2)c1. The fourth-order valence-electron chi connectivity index (χ4n) is 4.63. The lowest BCUT2D eigenvalue weighted by Crippen LogP contribution is -2.35. The second kappa shape index (κ2) is 15.2. The van der Waals surface area contributed by atoms with Crippen LogP contribution in [0.25, 0.3) is 0 Å². The Kier molecular flexibility index (Phi) is 12.1. The average Bonchev–Trinajstić information content (AvgIpc) is 3.96. The van der Waals surface area contributed by atoms with E-state index in [0.29, 0.717) is 10.7 Å². The summed E-state index contributed by atoms with van der Waals surface area (Å²) in [5.41, 5.74) is 2.05. The van der Waals surface area contributed by atoms with E-state index in [-0.39, 0.29) is 43.5 Å². The molecule has 6 N–H and O–H groups in total. The first-order chi connectivity index (χ1) is 23.1. The predicted molar refractivity (Wildman–Crippen MR) is 190 cm³/mol. The number of hydrogen-bond donors (Lipinski definition) is 5. The number of primary sulfonamides is 1. The summed E-state index contributed by atoms with van der Waals surface area (Å²) in [6.45, 7) is 7.77. The van der Waals surface area contributed by atoms with Crippen LogP contribution in [0.15, 0.2) is 80.2 Å². The Morgan fingerprint density at radius 3 is 1.42 bits per heavy atom. The van der Waals surface area contributed by atoms with Crippen LogP contribution >= 0.6 is 11.6 Å². The zero-order chi connectivity index (χ0) is 37.2. The fraction of sp³-hybridized carbons (Fsp3) is 0.387. The van der Waals surface area contributed by atoms with E-state index < -0.39 is 46.1 Å². The van der Waals surface area contributed by atoms with E-state index in [1.165, 1.54) is 36.4 Å². The van der Waals surface area contributed by atoms with E-state index in [2.05, 4.69) is 14.8 Å². The maximum absolute atomic E-state index is 12.8. The molecule has 50 heavy (non-hydrogen) atoms. The van der Waals surface area contributed by atoms with Crippen molar-refractivity contribution in [3.8, 4) is 0 Å². The molecule has 0 heterocycles. The van der Waals surface area contributed by atoms with Gasteiger partial charge in [0, 0.05) is 22.8 Å². The van der Waals surface area contributed by atoms with Crippen LogP contribution in [-0.2, 0) is 40.1 Å². The molecular formula is C31H40ClN5O9S4. The molecule has 0 saturated heterocycles. The molecule has 0 bridgehead atoms. The van der Waals surface area contributed by atoms with Gasteiger partial charge in [0.05, 0.1) is 19.6 Å². The largest absolute Gasteiger partial charge is 0.333 e. The standard InChI is InChI=1S/C22H28ClN3O5S2.C9H12N2O4S2/c1-13(2)19-10-15(23)11-20(14(3)4)21(19)24-22(27)26-33(30,31)18-7-5-6-17(12-18)32(28,29)25-16-8-9-16;10-16(12,13)8-2-1-3-9(6-8)17(14,15)11-7-4-5-7/h5-7,10-14,16,25H,8-9H2,1-4H3,(H2,24,26,27);1-3,6-7,11H,4-5H2,(H2,10,12,13). The summed E-state index contributed by atoms with van der Waals surface area (Å²) < 4.78 is 103. The van der Waals surface area contributed by atoms with Crippen molar-refractivity contribution in [2.24, 2.45) is 5.14 Å². The molecule has 3 aromatic carbocycles. The lowest BCUT2D eigenvalue weighted by atomic mass is 9.92.